The van der Waals surface area contributed by atoms with Gasteiger partial charge in [0.2, 0.25) is 11.8 Å². The minimum absolute atomic E-state index is 0.259. The Bertz CT molecular complexity index is 960. The van der Waals surface area contributed by atoms with Crippen molar-refractivity contribution in [3.05, 3.63) is 22.3 Å². The molecule has 198 valence electrons. The normalized spacial score (nSPS) is 20.4. The van der Waals surface area contributed by atoms with Crippen LogP contribution in [0, 0.1) is 11.8 Å². The van der Waals surface area contributed by atoms with Gasteiger partial charge in [0.25, 0.3) is 0 Å². The van der Waals surface area contributed by atoms with Crippen molar-refractivity contribution in [1.82, 2.24) is 20.1 Å². The first-order chi connectivity index (χ1) is 17.1. The van der Waals surface area contributed by atoms with Crippen LogP contribution in [0.15, 0.2) is 16.7 Å². The van der Waals surface area contributed by atoms with Crippen LogP contribution in [0.25, 0.3) is 0 Å². The van der Waals surface area contributed by atoms with Gasteiger partial charge in [-0.1, -0.05) is 0 Å². The van der Waals surface area contributed by atoms with Gasteiger partial charge in [0.05, 0.1) is 5.56 Å². The molecular formula is C26H38BrN5O4. The fourth-order valence-electron chi connectivity index (χ4n) is 4.32. The lowest BCUT2D eigenvalue weighted by atomic mass is 10.2. The number of hydrogen-bond donors (Lipinski definition) is 1. The number of nitrogens with one attached hydrogen (secondary N) is 1. The van der Waals surface area contributed by atoms with Gasteiger partial charge in [-0.3, -0.25) is 9.59 Å². The van der Waals surface area contributed by atoms with Crippen molar-refractivity contribution in [3.8, 4) is 0 Å². The number of carbonyl (C=O) groups excluding carboxylic acids is 3. The van der Waals surface area contributed by atoms with Crippen LogP contribution in [-0.4, -0.2) is 90.5 Å². The monoisotopic (exact) mass is 563 g/mol. The number of aromatic nitrogens is 1. The van der Waals surface area contributed by atoms with Gasteiger partial charge in [0.15, 0.2) is 0 Å². The highest BCUT2D eigenvalue weighted by Gasteiger charge is 2.35. The summed E-state index contributed by atoms with van der Waals surface area (Å²) in [5.74, 6) is 1.71. The molecule has 4 aliphatic rings. The number of hydrogen-bond acceptors (Lipinski definition) is 7. The van der Waals surface area contributed by atoms with E-state index in [-0.39, 0.29) is 17.8 Å². The van der Waals surface area contributed by atoms with Crippen LogP contribution in [-0.2, 0) is 14.3 Å². The largest absolute Gasteiger partial charge is 0.456 e. The van der Waals surface area contributed by atoms with Crippen molar-refractivity contribution in [1.29, 1.82) is 0 Å². The average Bonchev–Trinajstić information content (AvgIpc) is 3.76. The Hall–Kier alpha value is -2.20. The van der Waals surface area contributed by atoms with Crippen molar-refractivity contribution >= 4 is 39.5 Å². The van der Waals surface area contributed by atoms with Crippen LogP contribution < -0.4 is 10.2 Å². The molecular weight excluding hydrogens is 526 g/mol. The summed E-state index contributed by atoms with van der Waals surface area (Å²) in [7, 11) is 0. The molecule has 1 N–H and O–H groups in total. The summed E-state index contributed by atoms with van der Waals surface area (Å²) in [5.41, 5.74) is -0.0646. The van der Waals surface area contributed by atoms with Gasteiger partial charge >= 0.3 is 5.97 Å². The summed E-state index contributed by atoms with van der Waals surface area (Å²) < 4.78 is 6.04. The Kier molecular flexibility index (Phi) is 8.55. The maximum atomic E-state index is 12.3. The highest BCUT2D eigenvalue weighted by Crippen LogP contribution is 2.32. The molecule has 0 aromatic carbocycles. The van der Waals surface area contributed by atoms with E-state index in [0.29, 0.717) is 35.1 Å². The second-order valence-corrected chi connectivity index (χ2v) is 11.8. The van der Waals surface area contributed by atoms with Crippen LogP contribution in [0.3, 0.4) is 0 Å². The van der Waals surface area contributed by atoms with E-state index >= 15 is 0 Å². The number of piperazine rings is 2. The van der Waals surface area contributed by atoms with Gasteiger partial charge < -0.3 is 24.8 Å². The molecule has 0 radical (unpaired) electrons. The molecule has 3 heterocycles. The molecule has 1 aromatic rings. The molecule has 0 bridgehead atoms. The minimum Gasteiger partial charge on any atom is -0.456 e. The molecule has 0 spiro atoms. The maximum Gasteiger partial charge on any atom is 0.338 e. The first-order valence-corrected chi connectivity index (χ1v) is 13.8. The smallest absolute Gasteiger partial charge is 0.338 e. The summed E-state index contributed by atoms with van der Waals surface area (Å²) in [6.45, 7) is 12.1. The topological polar surface area (TPSA) is 95.1 Å². The summed E-state index contributed by atoms with van der Waals surface area (Å²) in [5, 5.41) is 3.24. The number of esters is 1. The van der Waals surface area contributed by atoms with E-state index < -0.39 is 5.60 Å². The molecule has 9 nitrogen and oxygen atoms in total. The Morgan fingerprint density at radius 3 is 1.92 bits per heavy atom. The van der Waals surface area contributed by atoms with Gasteiger partial charge in [0, 0.05) is 64.2 Å². The van der Waals surface area contributed by atoms with E-state index in [9.17, 15) is 14.4 Å². The zero-order valence-corrected chi connectivity index (χ0v) is 23.2. The van der Waals surface area contributed by atoms with Gasteiger partial charge in [-0.25, -0.2) is 9.78 Å². The third-order valence-corrected chi connectivity index (χ3v) is 7.02. The van der Waals surface area contributed by atoms with E-state index in [1.807, 2.05) is 30.6 Å². The summed E-state index contributed by atoms with van der Waals surface area (Å²) in [4.78, 5) is 46.5. The van der Waals surface area contributed by atoms with Gasteiger partial charge in [-0.05, 0) is 74.5 Å². The number of pyridine rings is 1. The molecule has 2 aliphatic carbocycles. The summed E-state index contributed by atoms with van der Waals surface area (Å²) >= 11 is 3.38. The summed E-state index contributed by atoms with van der Waals surface area (Å²) in [6.07, 6.45) is 4.32. The molecule has 2 saturated heterocycles. The molecule has 4 fully saturated rings. The van der Waals surface area contributed by atoms with Crippen LogP contribution in [0.1, 0.15) is 56.8 Å². The van der Waals surface area contributed by atoms with E-state index in [1.165, 1.54) is 0 Å². The Labute approximate surface area is 222 Å². The third-order valence-electron chi connectivity index (χ3n) is 6.61. The van der Waals surface area contributed by atoms with Gasteiger partial charge in [0.1, 0.15) is 16.0 Å². The lowest BCUT2D eigenvalue weighted by molar-refractivity contribution is -0.133. The van der Waals surface area contributed by atoms with Crippen LogP contribution in [0.5, 0.6) is 0 Å². The number of carbonyl (C=O) groups is 3. The van der Waals surface area contributed by atoms with Crippen molar-refractivity contribution in [2.45, 2.75) is 52.1 Å². The second-order valence-electron chi connectivity index (χ2n) is 11.0. The number of anilines is 1. The van der Waals surface area contributed by atoms with E-state index in [2.05, 4.69) is 31.1 Å². The van der Waals surface area contributed by atoms with Crippen LogP contribution >= 0.6 is 15.9 Å². The van der Waals surface area contributed by atoms with Crippen molar-refractivity contribution in [3.63, 3.8) is 0 Å². The molecule has 2 saturated carbocycles. The lowest BCUT2D eigenvalue weighted by Gasteiger charge is -2.35. The molecule has 10 heteroatoms. The second kappa shape index (κ2) is 11.5. The first kappa shape index (κ1) is 26.9. The number of rotatable bonds is 4. The minimum atomic E-state index is -0.540. The number of ether oxygens (including phenoxy) is 1. The number of halogens is 1. The lowest BCUT2D eigenvalue weighted by Crippen LogP contribution is -2.49. The van der Waals surface area contributed by atoms with E-state index in [1.54, 1.807) is 12.1 Å². The van der Waals surface area contributed by atoms with Crippen LogP contribution in [0.2, 0.25) is 0 Å². The SMILES string of the molecule is CC(C)(C)OC(=O)c1cc(Br)nc(N2CCN(C(=O)C3CC3)CC2)c1.O=C(C1CC1)N1CCNCC1. The van der Waals surface area contributed by atoms with Crippen LogP contribution in [0.4, 0.5) is 5.82 Å². The Morgan fingerprint density at radius 2 is 1.42 bits per heavy atom. The molecule has 0 atom stereocenters. The average molecular weight is 565 g/mol. The highest BCUT2D eigenvalue weighted by molar-refractivity contribution is 9.10. The predicted octanol–water partition coefficient (Wildman–Crippen LogP) is 2.69. The molecule has 2 amide bonds. The van der Waals surface area contributed by atoms with Crippen molar-refractivity contribution < 1.29 is 19.1 Å². The van der Waals surface area contributed by atoms with Crippen molar-refractivity contribution in [2.75, 3.05) is 57.3 Å². The highest BCUT2D eigenvalue weighted by atomic mass is 79.9. The number of nitrogens with zero attached hydrogens (tertiary/aromatic N) is 4. The molecule has 2 aliphatic heterocycles. The third kappa shape index (κ3) is 7.65. The zero-order valence-electron chi connectivity index (χ0n) is 21.6. The van der Waals surface area contributed by atoms with Gasteiger partial charge in [-0.15, -0.1) is 0 Å². The standard InChI is InChI=1S/C18H24BrN3O3.C8H14N2O/c1-18(2,3)25-17(24)13-10-14(19)20-15(11-13)21-6-8-22(9-7-21)16(23)12-4-5-12;11-8(7-1-2-7)10-5-3-9-4-6-10/h10-12H,4-9H2,1-3H3;7,9H,1-6H2. The van der Waals surface area contributed by atoms with Gasteiger partial charge in [-0.2, -0.15) is 0 Å². The molecule has 36 heavy (non-hydrogen) atoms. The Morgan fingerprint density at radius 1 is 0.889 bits per heavy atom. The Balaban J connectivity index is 0.000000229. The fraction of sp³-hybridized carbons (Fsp3) is 0.692. The molecule has 1 aromatic heterocycles. The van der Waals surface area contributed by atoms with Crippen molar-refractivity contribution in [2.24, 2.45) is 11.8 Å². The quantitative estimate of drug-likeness (QED) is 0.444. The maximum absolute atomic E-state index is 12.3. The molecule has 5 rings (SSSR count). The number of amides is 2. The zero-order chi connectivity index (χ0) is 25.9. The predicted molar refractivity (Wildman–Crippen MR) is 141 cm³/mol. The summed E-state index contributed by atoms with van der Waals surface area (Å²) in [6, 6.07) is 3.43. The first-order valence-electron chi connectivity index (χ1n) is 13.0. The van der Waals surface area contributed by atoms with E-state index in [0.717, 1.165) is 70.8 Å². The fourth-order valence-corrected chi connectivity index (χ4v) is 4.75. The van der Waals surface area contributed by atoms with E-state index in [4.69, 9.17) is 4.74 Å². The molecule has 0 unspecified atom stereocenters.